The minimum atomic E-state index is -2.71. The second-order valence-electron chi connectivity index (χ2n) is 2.23. The highest BCUT2D eigenvalue weighted by atomic mass is 32.2. The monoisotopic (exact) mass is 192 g/mol. The highest BCUT2D eigenvalue weighted by molar-refractivity contribution is 7.71. The molecule has 0 aliphatic rings. The van der Waals surface area contributed by atoms with Crippen LogP contribution in [0, 0.1) is 11.6 Å². The van der Waals surface area contributed by atoms with E-state index in [0.717, 1.165) is 18.2 Å². The topological polar surface area (TPSA) is 34.1 Å². The number of rotatable bonds is 2. The van der Waals surface area contributed by atoms with Gasteiger partial charge in [0, 0.05) is 5.56 Å². The van der Waals surface area contributed by atoms with Gasteiger partial charge in [0.05, 0.1) is 5.75 Å². The molecule has 0 saturated carbocycles. The molecule has 0 aliphatic carbocycles. The van der Waals surface area contributed by atoms with E-state index < -0.39 is 28.1 Å². The molecule has 1 rings (SSSR count). The molecule has 0 atom stereocenters. The number of halogens is 2. The normalized spacial score (nSPS) is 10.6. The van der Waals surface area contributed by atoms with E-state index in [1.165, 1.54) is 0 Å². The Kier molecular flexibility index (Phi) is 2.75. The number of benzene rings is 1. The molecule has 0 unspecified atom stereocenters. The van der Waals surface area contributed by atoms with Crippen molar-refractivity contribution >= 4 is 10.7 Å². The van der Waals surface area contributed by atoms with Crippen LogP contribution in [0.4, 0.5) is 8.78 Å². The summed E-state index contributed by atoms with van der Waals surface area (Å²) in [4.78, 5) is 0. The average molecular weight is 192 g/mol. The maximum Gasteiger partial charge on any atom is 0.144 e. The van der Waals surface area contributed by atoms with Crippen molar-refractivity contribution in [1.29, 1.82) is 0 Å². The third-order valence-electron chi connectivity index (χ3n) is 1.31. The van der Waals surface area contributed by atoms with Crippen molar-refractivity contribution in [3.05, 3.63) is 35.4 Å². The fraction of sp³-hybridized carbons (Fsp3) is 0.143. The van der Waals surface area contributed by atoms with Crippen molar-refractivity contribution in [1.82, 2.24) is 0 Å². The molecule has 66 valence electrons. The lowest BCUT2D eigenvalue weighted by Crippen LogP contribution is -1.92. The Morgan fingerprint density at radius 3 is 2.50 bits per heavy atom. The van der Waals surface area contributed by atoms with Crippen molar-refractivity contribution < 1.29 is 17.2 Å². The van der Waals surface area contributed by atoms with Crippen LogP contribution in [0.1, 0.15) is 5.56 Å². The first kappa shape index (κ1) is 9.12. The Balaban J connectivity index is 3.05. The Morgan fingerprint density at radius 1 is 1.25 bits per heavy atom. The van der Waals surface area contributed by atoms with Gasteiger partial charge in [0.15, 0.2) is 0 Å². The third kappa shape index (κ3) is 2.27. The van der Waals surface area contributed by atoms with Crippen LogP contribution in [0.3, 0.4) is 0 Å². The first-order valence-electron chi connectivity index (χ1n) is 3.15. The molecule has 1 aromatic rings. The van der Waals surface area contributed by atoms with Crippen LogP contribution in [0.5, 0.6) is 0 Å². The van der Waals surface area contributed by atoms with Crippen LogP contribution in [0.15, 0.2) is 18.2 Å². The highest BCUT2D eigenvalue weighted by Crippen LogP contribution is 2.09. The third-order valence-corrected chi connectivity index (χ3v) is 1.91. The van der Waals surface area contributed by atoms with Crippen molar-refractivity contribution in [2.24, 2.45) is 0 Å². The van der Waals surface area contributed by atoms with Gasteiger partial charge in [0.1, 0.15) is 22.3 Å². The Morgan fingerprint density at radius 2 is 1.92 bits per heavy atom. The van der Waals surface area contributed by atoms with E-state index in [2.05, 4.69) is 0 Å². The first-order chi connectivity index (χ1) is 5.59. The van der Waals surface area contributed by atoms with E-state index in [0.29, 0.717) is 0 Å². The summed E-state index contributed by atoms with van der Waals surface area (Å²) in [5, 5.41) is 0. The van der Waals surface area contributed by atoms with E-state index in [9.17, 15) is 17.2 Å². The highest BCUT2D eigenvalue weighted by Gasteiger charge is 2.03. The van der Waals surface area contributed by atoms with Gasteiger partial charge >= 0.3 is 0 Å². The summed E-state index contributed by atoms with van der Waals surface area (Å²) >= 11 is 0. The maximum atomic E-state index is 12.7. The second kappa shape index (κ2) is 3.62. The van der Waals surface area contributed by atoms with Gasteiger partial charge in [-0.15, -0.1) is 0 Å². The molecule has 0 aromatic heterocycles. The summed E-state index contributed by atoms with van der Waals surface area (Å²) in [6.07, 6.45) is 0. The molecule has 0 saturated heterocycles. The van der Waals surface area contributed by atoms with Crippen LogP contribution >= 0.6 is 0 Å². The molecule has 1 aromatic carbocycles. The minimum Gasteiger partial charge on any atom is -0.232 e. The number of thiol groups is 1. The quantitative estimate of drug-likeness (QED) is 0.711. The van der Waals surface area contributed by atoms with Gasteiger partial charge in [-0.05, 0) is 18.2 Å². The molecule has 0 heterocycles. The Hall–Kier alpha value is -0.970. The minimum absolute atomic E-state index is 0.133. The van der Waals surface area contributed by atoms with Crippen LogP contribution in [-0.2, 0) is 16.5 Å². The number of hydrogen-bond acceptors (Lipinski definition) is 2. The zero-order chi connectivity index (χ0) is 9.14. The lowest BCUT2D eigenvalue weighted by atomic mass is 10.2. The molecule has 5 heteroatoms. The largest absolute Gasteiger partial charge is 0.232 e. The summed E-state index contributed by atoms with van der Waals surface area (Å²) in [5.41, 5.74) is -0.133. The van der Waals surface area contributed by atoms with Gasteiger partial charge in [-0.1, -0.05) is 0 Å². The summed E-state index contributed by atoms with van der Waals surface area (Å²) in [7, 11) is -2.71. The maximum absolute atomic E-state index is 12.7. The molecule has 12 heavy (non-hydrogen) atoms. The van der Waals surface area contributed by atoms with Crippen LogP contribution in [0.2, 0.25) is 0 Å². The first-order valence-corrected chi connectivity index (χ1v) is 4.51. The van der Waals surface area contributed by atoms with Crippen molar-refractivity contribution in [3.8, 4) is 0 Å². The predicted molar refractivity (Wildman–Crippen MR) is 40.4 cm³/mol. The average Bonchev–Trinajstić information content (AvgIpc) is 1.96. The molecule has 0 amide bonds. The van der Waals surface area contributed by atoms with E-state index in [4.69, 9.17) is 0 Å². The SMILES string of the molecule is O=[SH](=O)Cc1cc(F)ccc1F. The molecular formula is C7H6F2O2S. The molecule has 2 nitrogen and oxygen atoms in total. The fourth-order valence-corrected chi connectivity index (χ4v) is 1.32. The van der Waals surface area contributed by atoms with Gasteiger partial charge in [-0.25, -0.2) is 17.2 Å². The van der Waals surface area contributed by atoms with Gasteiger partial charge in [0.2, 0.25) is 0 Å². The molecule has 0 bridgehead atoms. The van der Waals surface area contributed by atoms with Crippen molar-refractivity contribution in [3.63, 3.8) is 0 Å². The molecule has 0 aliphatic heterocycles. The van der Waals surface area contributed by atoms with E-state index in [-0.39, 0.29) is 5.56 Å². The summed E-state index contributed by atoms with van der Waals surface area (Å²) in [6.45, 7) is 0. The van der Waals surface area contributed by atoms with Gasteiger partial charge in [-0.3, -0.25) is 0 Å². The van der Waals surface area contributed by atoms with E-state index >= 15 is 0 Å². The summed E-state index contributed by atoms with van der Waals surface area (Å²) in [5.74, 6) is -1.79. The van der Waals surface area contributed by atoms with Gasteiger partial charge in [-0.2, -0.15) is 0 Å². The second-order valence-corrected chi connectivity index (χ2v) is 3.21. The molecule has 0 fully saturated rings. The van der Waals surface area contributed by atoms with Crippen LogP contribution < -0.4 is 0 Å². The smallest absolute Gasteiger partial charge is 0.144 e. The predicted octanol–water partition coefficient (Wildman–Crippen LogP) is 1.08. The van der Waals surface area contributed by atoms with Gasteiger partial charge < -0.3 is 0 Å². The lowest BCUT2D eigenvalue weighted by Gasteiger charge is -1.96. The molecule has 0 N–H and O–H groups in total. The summed E-state index contributed by atoms with van der Waals surface area (Å²) in [6, 6.07) is 2.72. The standard InChI is InChI=1S/C7H6F2O2S/c8-6-1-2-7(9)5(3-6)4-12(10)11/h1-3,12H,4H2. The Labute approximate surface area is 69.8 Å². The van der Waals surface area contributed by atoms with E-state index in [1.54, 1.807) is 0 Å². The Bertz CT molecular complexity index is 352. The van der Waals surface area contributed by atoms with Crippen molar-refractivity contribution in [2.75, 3.05) is 0 Å². The summed E-state index contributed by atoms with van der Waals surface area (Å²) < 4.78 is 45.5. The number of hydrogen-bond donors (Lipinski definition) is 1. The van der Waals surface area contributed by atoms with E-state index in [1.807, 2.05) is 0 Å². The zero-order valence-corrected chi connectivity index (χ0v) is 6.85. The van der Waals surface area contributed by atoms with Crippen molar-refractivity contribution in [2.45, 2.75) is 5.75 Å². The fourth-order valence-electron chi connectivity index (χ4n) is 0.804. The van der Waals surface area contributed by atoms with Crippen LogP contribution in [0.25, 0.3) is 0 Å². The van der Waals surface area contributed by atoms with Gasteiger partial charge in [0.25, 0.3) is 0 Å². The lowest BCUT2D eigenvalue weighted by molar-refractivity contribution is 0.585. The molecule has 0 radical (unpaired) electrons. The molecule has 0 spiro atoms. The zero-order valence-electron chi connectivity index (χ0n) is 5.96. The molecular weight excluding hydrogens is 186 g/mol. The van der Waals surface area contributed by atoms with Crippen LogP contribution in [-0.4, -0.2) is 8.42 Å².